The fourth-order valence-corrected chi connectivity index (χ4v) is 2.61. The highest BCUT2D eigenvalue weighted by molar-refractivity contribution is 7.10. The molecule has 1 heterocycles. The van der Waals surface area contributed by atoms with Crippen LogP contribution in [0.5, 0.6) is 5.75 Å². The predicted octanol–water partition coefficient (Wildman–Crippen LogP) is 2.34. The molecule has 2 N–H and O–H groups in total. The molecule has 0 spiro atoms. The van der Waals surface area contributed by atoms with Crippen LogP contribution in [0.2, 0.25) is 0 Å². The second kappa shape index (κ2) is 6.93. The van der Waals surface area contributed by atoms with Gasteiger partial charge in [0.15, 0.2) is 0 Å². The number of thiophene rings is 1. The highest BCUT2D eigenvalue weighted by Crippen LogP contribution is 2.28. The molecular weight excluding hydrogens is 284 g/mol. The third-order valence-electron chi connectivity index (χ3n) is 2.91. The largest absolute Gasteiger partial charge is 0.495 e. The van der Waals surface area contributed by atoms with Gasteiger partial charge in [-0.25, -0.2) is 0 Å². The van der Waals surface area contributed by atoms with E-state index in [4.69, 9.17) is 10.5 Å². The van der Waals surface area contributed by atoms with E-state index in [1.54, 1.807) is 30.5 Å². The molecular formula is C16H16N2O2S. The Morgan fingerprint density at radius 2 is 2.19 bits per heavy atom. The first-order valence-corrected chi connectivity index (χ1v) is 7.24. The summed E-state index contributed by atoms with van der Waals surface area (Å²) in [6.45, 7) is 0.308. The van der Waals surface area contributed by atoms with Gasteiger partial charge in [0.2, 0.25) is 0 Å². The molecule has 4 nitrogen and oxygen atoms in total. The first-order chi connectivity index (χ1) is 10.2. The maximum atomic E-state index is 12.5. The molecule has 0 aliphatic heterocycles. The number of hydrogen-bond donors (Lipinski definition) is 1. The number of methoxy groups -OCH3 is 1. The van der Waals surface area contributed by atoms with Crippen LogP contribution in [0, 0.1) is 11.8 Å². The molecule has 21 heavy (non-hydrogen) atoms. The predicted molar refractivity (Wildman–Crippen MR) is 86.0 cm³/mol. The van der Waals surface area contributed by atoms with Crippen LogP contribution in [0.3, 0.4) is 0 Å². The van der Waals surface area contributed by atoms with Crippen LogP contribution in [0.25, 0.3) is 0 Å². The minimum absolute atomic E-state index is 0.100. The Hall–Kier alpha value is -2.29. The van der Waals surface area contributed by atoms with E-state index in [0.717, 1.165) is 10.6 Å². The van der Waals surface area contributed by atoms with E-state index in [0.29, 0.717) is 17.9 Å². The van der Waals surface area contributed by atoms with Crippen LogP contribution in [-0.2, 0) is 0 Å². The lowest BCUT2D eigenvalue weighted by molar-refractivity contribution is 0.0993. The topological polar surface area (TPSA) is 55.6 Å². The molecule has 0 aliphatic rings. The van der Waals surface area contributed by atoms with Gasteiger partial charge in [-0.15, -0.1) is 11.3 Å². The first kappa shape index (κ1) is 15.1. The molecule has 2 rings (SSSR count). The zero-order chi connectivity index (χ0) is 15.2. The summed E-state index contributed by atoms with van der Waals surface area (Å²) in [5.41, 5.74) is 6.67. The summed E-state index contributed by atoms with van der Waals surface area (Å²) in [6.07, 6.45) is 0. The third-order valence-corrected chi connectivity index (χ3v) is 3.76. The highest BCUT2D eigenvalue weighted by atomic mass is 32.1. The third kappa shape index (κ3) is 3.43. The minimum atomic E-state index is -0.100. The minimum Gasteiger partial charge on any atom is -0.495 e. The van der Waals surface area contributed by atoms with Gasteiger partial charge in [-0.2, -0.15) is 0 Å². The maximum Gasteiger partial charge on any atom is 0.259 e. The molecule has 0 bridgehead atoms. The van der Waals surface area contributed by atoms with E-state index >= 15 is 0 Å². The Morgan fingerprint density at radius 3 is 2.90 bits per heavy atom. The van der Waals surface area contributed by atoms with E-state index in [9.17, 15) is 4.79 Å². The standard InChI is InChI=1S/C16H16N2O2S/c1-18(14-7-3-4-8-15(14)20-2)16(19)12-10-13(21-11-12)6-5-9-17/h3-4,7-8,10-11H,9,17H2,1-2H3. The number of carbonyl (C=O) groups is 1. The van der Waals surface area contributed by atoms with E-state index in [2.05, 4.69) is 11.8 Å². The SMILES string of the molecule is COc1ccccc1N(C)C(=O)c1csc(C#CCN)c1. The Morgan fingerprint density at radius 1 is 1.43 bits per heavy atom. The number of nitrogens with two attached hydrogens (primary N) is 1. The molecule has 0 fully saturated rings. The fraction of sp³-hybridized carbons (Fsp3) is 0.188. The molecule has 0 saturated heterocycles. The van der Waals surface area contributed by atoms with Gasteiger partial charge in [-0.05, 0) is 18.2 Å². The summed E-state index contributed by atoms with van der Waals surface area (Å²) in [7, 11) is 3.31. The van der Waals surface area contributed by atoms with Crippen LogP contribution >= 0.6 is 11.3 Å². The lowest BCUT2D eigenvalue weighted by atomic mass is 10.2. The van der Waals surface area contributed by atoms with Crippen molar-refractivity contribution in [2.45, 2.75) is 0 Å². The van der Waals surface area contributed by atoms with Crippen molar-refractivity contribution >= 4 is 22.9 Å². The second-order valence-electron chi connectivity index (χ2n) is 4.24. The van der Waals surface area contributed by atoms with Crippen molar-refractivity contribution in [1.29, 1.82) is 0 Å². The molecule has 1 aromatic carbocycles. The van der Waals surface area contributed by atoms with Crippen LogP contribution in [0.4, 0.5) is 5.69 Å². The van der Waals surface area contributed by atoms with Crippen LogP contribution in [-0.4, -0.2) is 26.6 Å². The molecule has 2 aromatic rings. The average molecular weight is 300 g/mol. The summed E-state index contributed by atoms with van der Waals surface area (Å²) >= 11 is 1.43. The van der Waals surface area contributed by atoms with Crippen LogP contribution in [0.15, 0.2) is 35.7 Å². The van der Waals surface area contributed by atoms with Crippen molar-refractivity contribution in [1.82, 2.24) is 0 Å². The maximum absolute atomic E-state index is 12.5. The number of carbonyl (C=O) groups excluding carboxylic acids is 1. The van der Waals surface area contributed by atoms with E-state index in [1.807, 2.05) is 24.3 Å². The van der Waals surface area contributed by atoms with Gasteiger partial charge in [-0.1, -0.05) is 24.0 Å². The van der Waals surface area contributed by atoms with E-state index in [-0.39, 0.29) is 5.91 Å². The Kier molecular flexibility index (Phi) is 4.99. The van der Waals surface area contributed by atoms with Gasteiger partial charge < -0.3 is 15.4 Å². The first-order valence-electron chi connectivity index (χ1n) is 6.36. The van der Waals surface area contributed by atoms with Crippen LogP contribution in [0.1, 0.15) is 15.2 Å². The summed E-state index contributed by atoms with van der Waals surface area (Å²) in [5.74, 6) is 6.27. The monoisotopic (exact) mass is 300 g/mol. The van der Waals surface area contributed by atoms with E-state index < -0.39 is 0 Å². The highest BCUT2D eigenvalue weighted by Gasteiger charge is 2.17. The number of rotatable bonds is 3. The summed E-state index contributed by atoms with van der Waals surface area (Å²) in [4.78, 5) is 14.9. The van der Waals surface area contributed by atoms with Crippen molar-refractivity contribution in [3.8, 4) is 17.6 Å². The van der Waals surface area contributed by atoms with Crippen molar-refractivity contribution in [3.05, 3.63) is 46.2 Å². The van der Waals surface area contributed by atoms with Crippen molar-refractivity contribution in [2.75, 3.05) is 25.6 Å². The Bertz CT molecular complexity index is 698. The Labute approximate surface area is 128 Å². The number of para-hydroxylation sites is 2. The molecule has 0 unspecified atom stereocenters. The van der Waals surface area contributed by atoms with Crippen molar-refractivity contribution in [2.24, 2.45) is 5.73 Å². The normalized spacial score (nSPS) is 9.67. The van der Waals surface area contributed by atoms with Gasteiger partial charge in [0.1, 0.15) is 5.75 Å². The molecule has 0 radical (unpaired) electrons. The summed E-state index contributed by atoms with van der Waals surface area (Å²) < 4.78 is 5.28. The summed E-state index contributed by atoms with van der Waals surface area (Å²) in [5, 5.41) is 1.80. The van der Waals surface area contributed by atoms with Gasteiger partial charge in [0.25, 0.3) is 5.91 Å². The van der Waals surface area contributed by atoms with Crippen molar-refractivity contribution in [3.63, 3.8) is 0 Å². The van der Waals surface area contributed by atoms with E-state index in [1.165, 1.54) is 11.3 Å². The summed E-state index contributed by atoms with van der Waals surface area (Å²) in [6, 6.07) is 9.18. The number of hydrogen-bond acceptors (Lipinski definition) is 4. The molecule has 0 aliphatic carbocycles. The van der Waals surface area contributed by atoms with Crippen molar-refractivity contribution < 1.29 is 9.53 Å². The lowest BCUT2D eigenvalue weighted by Crippen LogP contribution is -2.26. The molecule has 0 saturated carbocycles. The zero-order valence-corrected chi connectivity index (χ0v) is 12.7. The molecule has 1 aromatic heterocycles. The number of anilines is 1. The Balaban J connectivity index is 2.25. The van der Waals surface area contributed by atoms with Gasteiger partial charge >= 0.3 is 0 Å². The molecule has 5 heteroatoms. The molecule has 0 atom stereocenters. The number of ether oxygens (including phenoxy) is 1. The molecule has 108 valence electrons. The average Bonchev–Trinajstić information content (AvgIpc) is 3.00. The number of benzene rings is 1. The van der Waals surface area contributed by atoms with Gasteiger partial charge in [-0.3, -0.25) is 4.79 Å². The number of nitrogens with zero attached hydrogens (tertiary/aromatic N) is 1. The van der Waals surface area contributed by atoms with Crippen LogP contribution < -0.4 is 15.4 Å². The second-order valence-corrected chi connectivity index (χ2v) is 5.15. The zero-order valence-electron chi connectivity index (χ0n) is 11.9. The smallest absolute Gasteiger partial charge is 0.259 e. The quantitative estimate of drug-likeness (QED) is 0.885. The fourth-order valence-electron chi connectivity index (χ4n) is 1.86. The lowest BCUT2D eigenvalue weighted by Gasteiger charge is -2.19. The number of amides is 1. The van der Waals surface area contributed by atoms with Gasteiger partial charge in [0, 0.05) is 12.4 Å². The molecule has 1 amide bonds. The van der Waals surface area contributed by atoms with Gasteiger partial charge in [0.05, 0.1) is 29.8 Å².